The smallest absolute Gasteiger partial charge is 0.0346 e. The molecule has 0 bridgehead atoms. The second-order valence-electron chi connectivity index (χ2n) is 4.91. The molecule has 1 nitrogen and oxygen atoms in total. The van der Waals surface area contributed by atoms with Crippen LogP contribution in [-0.2, 0) is 0 Å². The summed E-state index contributed by atoms with van der Waals surface area (Å²) >= 11 is 6.29. The first-order valence-corrected chi connectivity index (χ1v) is 6.75. The summed E-state index contributed by atoms with van der Waals surface area (Å²) in [7, 11) is 0. The number of hydrogen-bond acceptors (Lipinski definition) is 1. The van der Waals surface area contributed by atoms with Crippen molar-refractivity contribution < 1.29 is 0 Å². The van der Waals surface area contributed by atoms with Gasteiger partial charge in [0.15, 0.2) is 0 Å². The first kappa shape index (κ1) is 11.0. The van der Waals surface area contributed by atoms with Crippen LogP contribution in [0.4, 0.5) is 0 Å². The first-order chi connectivity index (χ1) is 8.34. The molecule has 0 radical (unpaired) electrons. The van der Waals surface area contributed by atoms with Crippen LogP contribution in [0.25, 0.3) is 10.8 Å². The third-order valence-electron chi connectivity index (χ3n) is 3.75. The lowest BCUT2D eigenvalue weighted by molar-refractivity contribution is 0.451. The summed E-state index contributed by atoms with van der Waals surface area (Å²) in [6.07, 6.45) is 8.72. The second kappa shape index (κ2) is 4.66. The van der Waals surface area contributed by atoms with Crippen LogP contribution < -0.4 is 0 Å². The monoisotopic (exact) mass is 245 g/mol. The lowest BCUT2D eigenvalue weighted by Crippen LogP contribution is -2.14. The number of halogens is 1. The van der Waals surface area contributed by atoms with E-state index in [1.165, 1.54) is 29.2 Å². The van der Waals surface area contributed by atoms with Gasteiger partial charge in [0.05, 0.1) is 0 Å². The van der Waals surface area contributed by atoms with Crippen molar-refractivity contribution in [3.63, 3.8) is 0 Å². The van der Waals surface area contributed by atoms with Gasteiger partial charge in [-0.25, -0.2) is 0 Å². The average Bonchev–Trinajstić information content (AvgIpc) is 2.38. The number of hydrogen-bond donors (Lipinski definition) is 0. The third-order valence-corrected chi connectivity index (χ3v) is 4.15. The first-order valence-electron chi connectivity index (χ1n) is 6.31. The number of fused-ring (bicyclic) bond motifs is 1. The van der Waals surface area contributed by atoms with Crippen molar-refractivity contribution >= 4 is 22.4 Å². The zero-order valence-electron chi connectivity index (χ0n) is 9.77. The Balaban J connectivity index is 2.04. The number of aromatic nitrogens is 1. The summed E-state index contributed by atoms with van der Waals surface area (Å²) in [5.74, 6) is 0.588. The number of rotatable bonds is 1. The van der Waals surface area contributed by atoms with Gasteiger partial charge in [0.1, 0.15) is 0 Å². The molecule has 1 saturated carbocycles. The molecule has 1 aliphatic carbocycles. The van der Waals surface area contributed by atoms with Crippen LogP contribution in [0.1, 0.15) is 37.2 Å². The molecule has 2 heteroatoms. The molecule has 2 aromatic rings. The van der Waals surface area contributed by atoms with Gasteiger partial charge in [0.25, 0.3) is 0 Å². The summed E-state index contributed by atoms with van der Waals surface area (Å²) in [6, 6.07) is 8.50. The summed E-state index contributed by atoms with van der Waals surface area (Å²) in [4.78, 5) is 4.37. The van der Waals surface area contributed by atoms with Gasteiger partial charge in [-0.1, -0.05) is 30.7 Å². The molecule has 1 aliphatic rings. The molecular weight excluding hydrogens is 230 g/mol. The van der Waals surface area contributed by atoms with E-state index in [0.717, 1.165) is 12.8 Å². The van der Waals surface area contributed by atoms with E-state index in [-0.39, 0.29) is 0 Å². The van der Waals surface area contributed by atoms with Crippen molar-refractivity contribution in [2.45, 2.75) is 37.0 Å². The predicted octanol–water partition coefficient (Wildman–Crippen LogP) is 4.50. The van der Waals surface area contributed by atoms with Crippen LogP contribution in [0.5, 0.6) is 0 Å². The van der Waals surface area contributed by atoms with E-state index in [4.69, 9.17) is 11.6 Å². The molecule has 0 N–H and O–H groups in total. The quantitative estimate of drug-likeness (QED) is 0.674. The van der Waals surface area contributed by atoms with Crippen LogP contribution in [0.15, 0.2) is 36.7 Å². The number of alkyl halides is 1. The molecule has 0 saturated heterocycles. The van der Waals surface area contributed by atoms with E-state index in [0.29, 0.717) is 11.3 Å². The Bertz CT molecular complexity index is 518. The molecule has 3 rings (SSSR count). The Morgan fingerprint density at radius 3 is 2.88 bits per heavy atom. The normalized spacial score (nSPS) is 25.0. The Kier molecular flexibility index (Phi) is 3.02. The maximum atomic E-state index is 6.29. The highest BCUT2D eigenvalue weighted by Crippen LogP contribution is 2.37. The number of pyridine rings is 1. The lowest BCUT2D eigenvalue weighted by atomic mass is 9.83. The summed E-state index contributed by atoms with van der Waals surface area (Å²) in [6.45, 7) is 0. The Hall–Kier alpha value is -1.08. The SMILES string of the molecule is ClC1CCCC(c2cncc3ccccc23)C1. The van der Waals surface area contributed by atoms with Gasteiger partial charge in [-0.15, -0.1) is 11.6 Å². The molecule has 1 aromatic carbocycles. The molecule has 1 fully saturated rings. The van der Waals surface area contributed by atoms with Crippen molar-refractivity contribution in [2.75, 3.05) is 0 Å². The topological polar surface area (TPSA) is 12.9 Å². The number of nitrogens with zero attached hydrogens (tertiary/aromatic N) is 1. The Labute approximate surface area is 107 Å². The molecule has 0 amide bonds. The molecule has 1 aromatic heterocycles. The van der Waals surface area contributed by atoms with Crippen molar-refractivity contribution in [1.29, 1.82) is 0 Å². The number of benzene rings is 1. The highest BCUT2D eigenvalue weighted by molar-refractivity contribution is 6.20. The van der Waals surface area contributed by atoms with E-state index in [1.807, 2.05) is 12.4 Å². The highest BCUT2D eigenvalue weighted by Gasteiger charge is 2.23. The summed E-state index contributed by atoms with van der Waals surface area (Å²) in [5.41, 5.74) is 1.38. The van der Waals surface area contributed by atoms with Gasteiger partial charge >= 0.3 is 0 Å². The fourth-order valence-corrected chi connectivity index (χ4v) is 3.25. The van der Waals surface area contributed by atoms with Gasteiger partial charge in [0, 0.05) is 23.2 Å². The fraction of sp³-hybridized carbons (Fsp3) is 0.400. The van der Waals surface area contributed by atoms with E-state index in [9.17, 15) is 0 Å². The van der Waals surface area contributed by atoms with Crippen molar-refractivity contribution in [3.8, 4) is 0 Å². The second-order valence-corrected chi connectivity index (χ2v) is 5.53. The minimum Gasteiger partial charge on any atom is -0.264 e. The van der Waals surface area contributed by atoms with Crippen LogP contribution >= 0.6 is 11.6 Å². The minimum atomic E-state index is 0.340. The van der Waals surface area contributed by atoms with Crippen LogP contribution in [0.3, 0.4) is 0 Å². The van der Waals surface area contributed by atoms with E-state index in [1.54, 1.807) is 0 Å². The van der Waals surface area contributed by atoms with Crippen molar-refractivity contribution in [3.05, 3.63) is 42.2 Å². The zero-order chi connectivity index (χ0) is 11.7. The molecular formula is C15H16ClN. The molecule has 2 atom stereocenters. The Morgan fingerprint density at radius 2 is 2.00 bits per heavy atom. The molecule has 88 valence electrons. The molecule has 0 aliphatic heterocycles. The zero-order valence-corrected chi connectivity index (χ0v) is 10.5. The molecule has 1 heterocycles. The maximum Gasteiger partial charge on any atom is 0.0346 e. The average molecular weight is 246 g/mol. The molecule has 2 unspecified atom stereocenters. The molecule has 17 heavy (non-hydrogen) atoms. The largest absolute Gasteiger partial charge is 0.264 e. The van der Waals surface area contributed by atoms with E-state index < -0.39 is 0 Å². The van der Waals surface area contributed by atoms with Gasteiger partial charge < -0.3 is 0 Å². The maximum absolute atomic E-state index is 6.29. The van der Waals surface area contributed by atoms with Crippen LogP contribution in [0.2, 0.25) is 0 Å². The van der Waals surface area contributed by atoms with Crippen LogP contribution in [-0.4, -0.2) is 10.4 Å². The standard InChI is InChI=1S/C15H16ClN/c16-13-6-3-5-11(8-13)15-10-17-9-12-4-1-2-7-14(12)15/h1-2,4,7,9-11,13H,3,5-6,8H2. The third kappa shape index (κ3) is 2.16. The van der Waals surface area contributed by atoms with E-state index >= 15 is 0 Å². The van der Waals surface area contributed by atoms with Crippen molar-refractivity contribution in [1.82, 2.24) is 4.98 Å². The molecule has 0 spiro atoms. The van der Waals surface area contributed by atoms with E-state index in [2.05, 4.69) is 29.2 Å². The van der Waals surface area contributed by atoms with Gasteiger partial charge in [-0.3, -0.25) is 4.98 Å². The summed E-state index contributed by atoms with van der Waals surface area (Å²) in [5, 5.41) is 2.92. The van der Waals surface area contributed by atoms with Gasteiger partial charge in [-0.2, -0.15) is 0 Å². The lowest BCUT2D eigenvalue weighted by Gasteiger charge is -2.26. The van der Waals surface area contributed by atoms with Gasteiger partial charge in [-0.05, 0) is 36.1 Å². The van der Waals surface area contributed by atoms with Gasteiger partial charge in [0.2, 0.25) is 0 Å². The van der Waals surface area contributed by atoms with Crippen molar-refractivity contribution in [2.24, 2.45) is 0 Å². The van der Waals surface area contributed by atoms with Crippen LogP contribution in [0, 0.1) is 0 Å². The highest BCUT2D eigenvalue weighted by atomic mass is 35.5. The summed E-state index contributed by atoms with van der Waals surface area (Å²) < 4.78 is 0. The Morgan fingerprint density at radius 1 is 1.12 bits per heavy atom. The fourth-order valence-electron chi connectivity index (χ4n) is 2.88. The predicted molar refractivity (Wildman–Crippen MR) is 72.6 cm³/mol. The minimum absolute atomic E-state index is 0.340.